The number of halogens is 1. The molecule has 0 radical (unpaired) electrons. The third-order valence-corrected chi connectivity index (χ3v) is 2.97. The van der Waals surface area contributed by atoms with Gasteiger partial charge in [0.2, 0.25) is 0 Å². The van der Waals surface area contributed by atoms with Crippen molar-refractivity contribution in [3.63, 3.8) is 0 Å². The summed E-state index contributed by atoms with van der Waals surface area (Å²) in [7, 11) is 1.93. The number of aryl methyl sites for hydroxylation is 1. The van der Waals surface area contributed by atoms with E-state index in [0.29, 0.717) is 6.61 Å². The van der Waals surface area contributed by atoms with Crippen LogP contribution in [0.25, 0.3) is 10.9 Å². The molecule has 1 aromatic carbocycles. The fraction of sp³-hybridized carbons (Fsp3) is 0.300. The quantitative estimate of drug-likeness (QED) is 0.865. The lowest BCUT2D eigenvalue weighted by atomic mass is 10.1. The molecule has 0 unspecified atom stereocenters. The maximum absolute atomic E-state index is 5.03. The molecule has 0 aliphatic heterocycles. The van der Waals surface area contributed by atoms with Gasteiger partial charge in [-0.3, -0.25) is 4.68 Å². The first kappa shape index (κ1) is 10.6. The number of fused-ring (bicyclic) bond motifs is 1. The van der Waals surface area contributed by atoms with E-state index in [2.05, 4.69) is 31.9 Å². The zero-order chi connectivity index (χ0) is 10.8. The van der Waals surface area contributed by atoms with Crippen molar-refractivity contribution in [2.75, 3.05) is 6.61 Å². The van der Waals surface area contributed by atoms with Gasteiger partial charge in [-0.25, -0.2) is 5.90 Å². The first-order valence-corrected chi connectivity index (χ1v) is 5.45. The van der Waals surface area contributed by atoms with Crippen LogP contribution in [0, 0.1) is 0 Å². The van der Waals surface area contributed by atoms with E-state index in [9.17, 15) is 0 Å². The van der Waals surface area contributed by atoms with E-state index in [4.69, 9.17) is 5.90 Å². The van der Waals surface area contributed by atoms with Crippen molar-refractivity contribution in [2.24, 2.45) is 12.9 Å². The molecule has 2 rings (SSSR count). The smallest absolute Gasteiger partial charge is 0.136 e. The van der Waals surface area contributed by atoms with Gasteiger partial charge >= 0.3 is 0 Å². The topological polar surface area (TPSA) is 53.1 Å². The molecule has 1 heterocycles. The number of aromatic nitrogens is 2. The van der Waals surface area contributed by atoms with E-state index in [1.54, 1.807) is 0 Å². The Morgan fingerprint density at radius 1 is 1.53 bits per heavy atom. The molecule has 0 aliphatic carbocycles. The average Bonchev–Trinajstić information content (AvgIpc) is 2.53. The molecule has 0 saturated carbocycles. The van der Waals surface area contributed by atoms with E-state index in [1.807, 2.05) is 23.9 Å². The molecule has 5 heteroatoms. The summed E-state index contributed by atoms with van der Waals surface area (Å²) in [6.45, 7) is 0.514. The summed E-state index contributed by atoms with van der Waals surface area (Å²) < 4.78 is 2.72. The van der Waals surface area contributed by atoms with Gasteiger partial charge in [-0.1, -0.05) is 12.1 Å². The van der Waals surface area contributed by atoms with Crippen LogP contribution in [0.3, 0.4) is 0 Å². The Kier molecular flexibility index (Phi) is 3.04. The fourth-order valence-corrected chi connectivity index (χ4v) is 2.40. The minimum atomic E-state index is 0.514. The van der Waals surface area contributed by atoms with Crippen molar-refractivity contribution < 1.29 is 4.84 Å². The Morgan fingerprint density at radius 2 is 2.33 bits per heavy atom. The highest BCUT2D eigenvalue weighted by Gasteiger charge is 2.09. The lowest BCUT2D eigenvalue weighted by Gasteiger charge is -2.02. The lowest BCUT2D eigenvalue weighted by molar-refractivity contribution is 0.141. The Morgan fingerprint density at radius 3 is 3.07 bits per heavy atom. The van der Waals surface area contributed by atoms with Crippen molar-refractivity contribution in [1.29, 1.82) is 0 Å². The molecular weight excluding hydrogens is 258 g/mol. The van der Waals surface area contributed by atoms with Crippen molar-refractivity contribution in [2.45, 2.75) is 6.42 Å². The highest BCUT2D eigenvalue weighted by atomic mass is 79.9. The zero-order valence-corrected chi connectivity index (χ0v) is 9.99. The third-order valence-electron chi connectivity index (χ3n) is 2.41. The highest BCUT2D eigenvalue weighted by Crippen LogP contribution is 2.26. The van der Waals surface area contributed by atoms with Crippen molar-refractivity contribution >= 4 is 26.8 Å². The molecule has 0 bridgehead atoms. The normalized spacial score (nSPS) is 11.1. The molecule has 0 spiro atoms. The SMILES string of the molecule is Cn1nc(Br)c2c(CCON)cccc21. The van der Waals surface area contributed by atoms with Gasteiger partial charge in [0.25, 0.3) is 0 Å². The second-order valence-corrected chi connectivity index (χ2v) is 4.10. The van der Waals surface area contributed by atoms with Gasteiger partial charge in [0.1, 0.15) is 4.60 Å². The van der Waals surface area contributed by atoms with Crippen LogP contribution in [0.1, 0.15) is 5.56 Å². The predicted octanol–water partition coefficient (Wildman–Crippen LogP) is 1.77. The van der Waals surface area contributed by atoms with Crippen LogP contribution in [0.2, 0.25) is 0 Å². The van der Waals surface area contributed by atoms with Crippen LogP contribution in [-0.2, 0) is 18.3 Å². The highest BCUT2D eigenvalue weighted by molar-refractivity contribution is 9.10. The van der Waals surface area contributed by atoms with Gasteiger partial charge in [-0.15, -0.1) is 0 Å². The summed E-state index contributed by atoms with van der Waals surface area (Å²) in [4.78, 5) is 4.60. The van der Waals surface area contributed by atoms with Crippen LogP contribution in [0.15, 0.2) is 22.8 Å². The maximum atomic E-state index is 5.03. The van der Waals surface area contributed by atoms with Crippen LogP contribution < -0.4 is 5.90 Å². The summed E-state index contributed by atoms with van der Waals surface area (Å²) in [5.41, 5.74) is 2.30. The van der Waals surface area contributed by atoms with Crippen LogP contribution in [0.4, 0.5) is 0 Å². The molecule has 2 aromatic rings. The standard InChI is InChI=1S/C10H12BrN3O/c1-14-8-4-2-3-7(5-6-15-12)9(8)10(11)13-14/h2-4H,5-6,12H2,1H3. The van der Waals surface area contributed by atoms with Crippen LogP contribution in [-0.4, -0.2) is 16.4 Å². The van der Waals surface area contributed by atoms with Gasteiger partial charge in [0, 0.05) is 12.4 Å². The Labute approximate surface area is 96.1 Å². The summed E-state index contributed by atoms with van der Waals surface area (Å²) in [5.74, 6) is 5.03. The number of rotatable bonds is 3. The number of hydrogen-bond donors (Lipinski definition) is 1. The molecule has 1 aromatic heterocycles. The zero-order valence-electron chi connectivity index (χ0n) is 8.40. The van der Waals surface area contributed by atoms with Gasteiger partial charge in [-0.05, 0) is 34.0 Å². The molecule has 0 amide bonds. The van der Waals surface area contributed by atoms with Crippen molar-refractivity contribution in [3.05, 3.63) is 28.4 Å². The summed E-state index contributed by atoms with van der Waals surface area (Å²) in [6.07, 6.45) is 0.790. The molecule has 4 nitrogen and oxygen atoms in total. The molecule has 2 N–H and O–H groups in total. The van der Waals surface area contributed by atoms with Crippen molar-refractivity contribution in [1.82, 2.24) is 9.78 Å². The Bertz CT molecular complexity index is 481. The van der Waals surface area contributed by atoms with Gasteiger partial charge < -0.3 is 4.84 Å². The molecule has 0 atom stereocenters. The number of hydrogen-bond acceptors (Lipinski definition) is 3. The number of nitrogens with zero attached hydrogens (tertiary/aromatic N) is 2. The van der Waals surface area contributed by atoms with E-state index in [-0.39, 0.29) is 0 Å². The lowest BCUT2D eigenvalue weighted by Crippen LogP contribution is -2.03. The molecular formula is C10H12BrN3O. The predicted molar refractivity (Wildman–Crippen MR) is 62.3 cm³/mol. The summed E-state index contributed by atoms with van der Waals surface area (Å²) in [5, 5.41) is 5.46. The first-order valence-electron chi connectivity index (χ1n) is 4.66. The minimum Gasteiger partial charge on any atom is -0.304 e. The number of nitrogens with two attached hydrogens (primary N) is 1. The van der Waals surface area contributed by atoms with Gasteiger partial charge in [-0.2, -0.15) is 5.10 Å². The van der Waals surface area contributed by atoms with E-state index in [0.717, 1.165) is 21.9 Å². The second-order valence-electron chi connectivity index (χ2n) is 3.35. The minimum absolute atomic E-state index is 0.514. The summed E-state index contributed by atoms with van der Waals surface area (Å²) >= 11 is 3.46. The molecule has 0 fully saturated rings. The average molecular weight is 270 g/mol. The van der Waals surface area contributed by atoms with E-state index in [1.165, 1.54) is 5.56 Å². The van der Waals surface area contributed by atoms with Crippen LogP contribution >= 0.6 is 15.9 Å². The van der Waals surface area contributed by atoms with Gasteiger partial charge in [0.05, 0.1) is 12.1 Å². The molecule has 0 aliphatic rings. The monoisotopic (exact) mass is 269 g/mol. The molecule has 80 valence electrons. The Hall–Kier alpha value is -0.910. The largest absolute Gasteiger partial charge is 0.304 e. The molecule has 0 saturated heterocycles. The fourth-order valence-electron chi connectivity index (χ4n) is 1.71. The van der Waals surface area contributed by atoms with E-state index < -0.39 is 0 Å². The number of benzene rings is 1. The van der Waals surface area contributed by atoms with E-state index >= 15 is 0 Å². The first-order chi connectivity index (χ1) is 7.24. The third kappa shape index (κ3) is 1.90. The van der Waals surface area contributed by atoms with Gasteiger partial charge in [0.15, 0.2) is 0 Å². The summed E-state index contributed by atoms with van der Waals surface area (Å²) in [6, 6.07) is 6.12. The Balaban J connectivity index is 2.54. The second kappa shape index (κ2) is 4.30. The molecule has 15 heavy (non-hydrogen) atoms. The van der Waals surface area contributed by atoms with Crippen molar-refractivity contribution in [3.8, 4) is 0 Å². The van der Waals surface area contributed by atoms with Crippen LogP contribution in [0.5, 0.6) is 0 Å². The maximum Gasteiger partial charge on any atom is 0.136 e.